The third kappa shape index (κ3) is 1.93. The molecule has 1 atom stereocenters. The monoisotopic (exact) mass is 398 g/mol. The SMILES string of the molecule is Cc1ccc2c3c4c5c(ccc4c4ccc(C(=O)OO)c1c24)C(=O)OC(=O)C5CC=3. The first-order valence-corrected chi connectivity index (χ1v) is 9.57. The van der Waals surface area contributed by atoms with Crippen molar-refractivity contribution in [2.75, 3.05) is 0 Å². The van der Waals surface area contributed by atoms with E-state index >= 15 is 0 Å². The number of rotatable bonds is 1. The van der Waals surface area contributed by atoms with Crippen LogP contribution < -0.4 is 5.22 Å². The van der Waals surface area contributed by atoms with E-state index in [-0.39, 0.29) is 5.56 Å². The van der Waals surface area contributed by atoms with E-state index in [1.807, 2.05) is 37.3 Å². The summed E-state index contributed by atoms with van der Waals surface area (Å²) in [6.45, 7) is 1.90. The molecule has 0 fully saturated rings. The second-order valence-corrected chi connectivity index (χ2v) is 7.78. The van der Waals surface area contributed by atoms with Crippen LogP contribution in [0, 0.1) is 6.92 Å². The number of fused-ring (bicyclic) bond motifs is 2. The fourth-order valence-corrected chi connectivity index (χ4v) is 5.14. The van der Waals surface area contributed by atoms with Crippen LogP contribution in [0.1, 0.15) is 44.2 Å². The molecule has 0 bridgehead atoms. The molecule has 1 aliphatic heterocycles. The summed E-state index contributed by atoms with van der Waals surface area (Å²) in [6, 6.07) is 10.9. The van der Waals surface area contributed by atoms with Crippen LogP contribution in [0.4, 0.5) is 0 Å². The Hall–Kier alpha value is -3.77. The molecule has 1 heterocycles. The third-order valence-corrected chi connectivity index (χ3v) is 6.37. The lowest BCUT2D eigenvalue weighted by molar-refractivity contribution is -0.182. The van der Waals surface area contributed by atoms with Crippen molar-refractivity contribution < 1.29 is 29.3 Å². The van der Waals surface area contributed by atoms with Crippen LogP contribution in [0.5, 0.6) is 0 Å². The van der Waals surface area contributed by atoms with E-state index < -0.39 is 23.8 Å². The summed E-state index contributed by atoms with van der Waals surface area (Å²) in [5.41, 5.74) is 2.32. The number of aryl methyl sites for hydroxylation is 1. The molecule has 0 spiro atoms. The molecule has 1 N–H and O–H groups in total. The van der Waals surface area contributed by atoms with Gasteiger partial charge >= 0.3 is 17.9 Å². The number of benzene rings is 4. The lowest BCUT2D eigenvalue weighted by Gasteiger charge is -2.28. The molecule has 0 saturated carbocycles. The minimum absolute atomic E-state index is 0.282. The van der Waals surface area contributed by atoms with Gasteiger partial charge in [-0.2, -0.15) is 5.26 Å². The van der Waals surface area contributed by atoms with Gasteiger partial charge in [-0.1, -0.05) is 30.3 Å². The largest absolute Gasteiger partial charge is 0.389 e. The van der Waals surface area contributed by atoms with Crippen molar-refractivity contribution in [3.05, 3.63) is 63.9 Å². The van der Waals surface area contributed by atoms with E-state index in [2.05, 4.69) is 4.89 Å². The predicted octanol–water partition coefficient (Wildman–Crippen LogP) is 3.77. The molecular formula is C24H14O6. The van der Waals surface area contributed by atoms with E-state index in [1.165, 1.54) is 0 Å². The molecular weight excluding hydrogens is 384 g/mol. The highest BCUT2D eigenvalue weighted by atomic mass is 17.1. The second kappa shape index (κ2) is 5.64. The molecule has 1 unspecified atom stereocenters. The summed E-state index contributed by atoms with van der Waals surface area (Å²) in [5.74, 6) is -2.44. The van der Waals surface area contributed by atoms with Gasteiger partial charge in [0.05, 0.1) is 17.0 Å². The average Bonchev–Trinajstić information content (AvgIpc) is 2.76. The molecule has 6 rings (SSSR count). The zero-order valence-corrected chi connectivity index (χ0v) is 15.8. The van der Waals surface area contributed by atoms with Crippen LogP contribution >= 0.6 is 0 Å². The van der Waals surface area contributed by atoms with Crippen molar-refractivity contribution in [1.29, 1.82) is 0 Å². The Kier molecular flexibility index (Phi) is 3.22. The lowest BCUT2D eigenvalue weighted by atomic mass is 9.78. The van der Waals surface area contributed by atoms with Gasteiger partial charge in [-0.3, -0.25) is 9.68 Å². The summed E-state index contributed by atoms with van der Waals surface area (Å²) >= 11 is 0. The summed E-state index contributed by atoms with van der Waals surface area (Å²) in [4.78, 5) is 41.0. The number of ether oxygens (including phenoxy) is 1. The Morgan fingerprint density at radius 2 is 1.73 bits per heavy atom. The molecule has 146 valence electrons. The summed E-state index contributed by atoms with van der Waals surface area (Å²) in [6.07, 6.45) is 2.44. The normalized spacial score (nSPS) is 17.3. The third-order valence-electron chi connectivity index (χ3n) is 6.37. The zero-order valence-electron chi connectivity index (χ0n) is 15.8. The summed E-state index contributed by atoms with van der Waals surface area (Å²) in [7, 11) is 0. The molecule has 0 amide bonds. The standard InChI is InChI=1S/C24H14O6/c1-10-2-3-11-13-5-8-16-21-17(23(26)29-22(16)25)9-6-14(20(13)21)12-4-7-15(24(27)30-28)18(10)19(11)12/h2-7,9,16,28H,8H2,1H3. The van der Waals surface area contributed by atoms with Gasteiger partial charge < -0.3 is 4.74 Å². The molecule has 2 aliphatic rings. The highest BCUT2D eigenvalue weighted by Gasteiger charge is 2.37. The maximum atomic E-state index is 12.4. The van der Waals surface area contributed by atoms with Crippen molar-refractivity contribution in [2.45, 2.75) is 19.3 Å². The first-order valence-electron chi connectivity index (χ1n) is 9.57. The number of carbonyl (C=O) groups excluding carboxylic acids is 3. The number of hydrogen-bond donors (Lipinski definition) is 1. The van der Waals surface area contributed by atoms with Crippen molar-refractivity contribution in [3.8, 4) is 0 Å². The van der Waals surface area contributed by atoms with Crippen LogP contribution in [0.15, 0.2) is 36.4 Å². The van der Waals surface area contributed by atoms with Crippen LogP contribution in [-0.4, -0.2) is 23.2 Å². The van der Waals surface area contributed by atoms with Gasteiger partial charge in [-0.05, 0) is 68.8 Å². The fourth-order valence-electron chi connectivity index (χ4n) is 5.14. The maximum absolute atomic E-state index is 12.4. The van der Waals surface area contributed by atoms with Crippen LogP contribution in [0.3, 0.4) is 0 Å². The Morgan fingerprint density at radius 1 is 1.00 bits per heavy atom. The molecule has 0 aromatic heterocycles. The summed E-state index contributed by atoms with van der Waals surface area (Å²) in [5, 5.41) is 15.1. The molecule has 1 aliphatic carbocycles. The first-order chi connectivity index (χ1) is 14.5. The molecule has 30 heavy (non-hydrogen) atoms. The van der Waals surface area contributed by atoms with E-state index in [9.17, 15) is 14.4 Å². The van der Waals surface area contributed by atoms with Gasteiger partial charge in [0, 0.05) is 5.39 Å². The minimum Gasteiger partial charge on any atom is -0.389 e. The highest BCUT2D eigenvalue weighted by molar-refractivity contribution is 6.27. The number of esters is 2. The predicted molar refractivity (Wildman–Crippen MR) is 109 cm³/mol. The lowest BCUT2D eigenvalue weighted by Crippen LogP contribution is -2.31. The number of cyclic esters (lactones) is 2. The van der Waals surface area contributed by atoms with E-state index in [0.717, 1.165) is 43.3 Å². The molecule has 0 saturated heterocycles. The second-order valence-electron chi connectivity index (χ2n) is 7.78. The highest BCUT2D eigenvalue weighted by Crippen LogP contribution is 2.42. The van der Waals surface area contributed by atoms with Crippen LogP contribution in [-0.2, 0) is 14.4 Å². The topological polar surface area (TPSA) is 89.9 Å². The molecule has 0 radical (unpaired) electrons. The zero-order chi connectivity index (χ0) is 20.7. The van der Waals surface area contributed by atoms with Gasteiger partial charge in [0.25, 0.3) is 0 Å². The van der Waals surface area contributed by atoms with Crippen LogP contribution in [0.2, 0.25) is 0 Å². The van der Waals surface area contributed by atoms with Crippen molar-refractivity contribution in [1.82, 2.24) is 0 Å². The number of carbonyl (C=O) groups is 3. The quantitative estimate of drug-likeness (QED) is 0.131. The average molecular weight is 398 g/mol. The van der Waals surface area contributed by atoms with E-state index in [4.69, 9.17) is 9.99 Å². The Bertz CT molecular complexity index is 1550. The van der Waals surface area contributed by atoms with E-state index in [0.29, 0.717) is 17.4 Å². The van der Waals surface area contributed by atoms with Gasteiger partial charge in [-0.15, -0.1) is 0 Å². The molecule has 6 nitrogen and oxygen atoms in total. The Labute approximate surface area is 169 Å². The Balaban J connectivity index is 1.90. The van der Waals surface area contributed by atoms with Crippen molar-refractivity contribution in [3.63, 3.8) is 0 Å². The fraction of sp³-hybridized carbons (Fsp3) is 0.125. The minimum atomic E-state index is -0.816. The van der Waals surface area contributed by atoms with Crippen molar-refractivity contribution in [2.24, 2.45) is 0 Å². The van der Waals surface area contributed by atoms with E-state index in [1.54, 1.807) is 12.1 Å². The van der Waals surface area contributed by atoms with Gasteiger partial charge in [-0.25, -0.2) is 9.59 Å². The molecule has 6 heteroatoms. The molecule has 4 aromatic rings. The summed E-state index contributed by atoms with van der Waals surface area (Å²) < 4.78 is 4.95. The Morgan fingerprint density at radius 3 is 2.53 bits per heavy atom. The van der Waals surface area contributed by atoms with Crippen LogP contribution in [0.25, 0.3) is 38.4 Å². The maximum Gasteiger partial charge on any atom is 0.373 e. The van der Waals surface area contributed by atoms with Gasteiger partial charge in [0.2, 0.25) is 0 Å². The smallest absolute Gasteiger partial charge is 0.373 e. The first kappa shape index (κ1) is 17.1. The number of hydrogen-bond acceptors (Lipinski definition) is 6. The molecule has 4 aromatic carbocycles. The van der Waals surface area contributed by atoms with Gasteiger partial charge in [0.15, 0.2) is 0 Å². The van der Waals surface area contributed by atoms with Crippen molar-refractivity contribution >= 4 is 56.3 Å². The van der Waals surface area contributed by atoms with Gasteiger partial charge in [0.1, 0.15) is 0 Å².